The Bertz CT molecular complexity index is 1370. The van der Waals surface area contributed by atoms with Crippen LogP contribution in [0.3, 0.4) is 0 Å². The average Bonchev–Trinajstić information content (AvgIpc) is 3.13. The number of aromatic amines is 2. The van der Waals surface area contributed by atoms with Gasteiger partial charge in [0.1, 0.15) is 11.5 Å². The van der Waals surface area contributed by atoms with Crippen molar-refractivity contribution in [3.05, 3.63) is 52.3 Å². The van der Waals surface area contributed by atoms with Crippen molar-refractivity contribution in [1.82, 2.24) is 14.9 Å². The van der Waals surface area contributed by atoms with E-state index in [1.54, 1.807) is 32.3 Å². The molecule has 3 aromatic rings. The van der Waals surface area contributed by atoms with Crippen molar-refractivity contribution in [2.24, 2.45) is 5.92 Å². The number of hydrogen-bond donors (Lipinski definition) is 3. The van der Waals surface area contributed by atoms with Crippen molar-refractivity contribution in [3.8, 4) is 17.2 Å². The molecule has 1 aliphatic heterocycles. The molecule has 1 saturated heterocycles. The highest BCUT2D eigenvalue weighted by atomic mass is 16.5. The minimum absolute atomic E-state index is 0.165. The van der Waals surface area contributed by atoms with Gasteiger partial charge in [0, 0.05) is 28.7 Å². The van der Waals surface area contributed by atoms with Gasteiger partial charge in [-0.2, -0.15) is 0 Å². The molecule has 2 aromatic heterocycles. The topological polar surface area (TPSA) is 99.8 Å². The Kier molecular flexibility index (Phi) is 3.95. The molecule has 3 heterocycles. The summed E-state index contributed by atoms with van der Waals surface area (Å²) in [6, 6.07) is 5.80. The Labute approximate surface area is 191 Å². The van der Waals surface area contributed by atoms with E-state index in [4.69, 9.17) is 14.2 Å². The van der Waals surface area contributed by atoms with Gasteiger partial charge < -0.3 is 34.2 Å². The second kappa shape index (κ2) is 6.50. The first-order valence-electron chi connectivity index (χ1n) is 11.1. The van der Waals surface area contributed by atoms with Crippen molar-refractivity contribution < 1.29 is 24.1 Å². The molecule has 2 unspecified atom stereocenters. The monoisotopic (exact) mass is 449 g/mol. The highest BCUT2D eigenvalue weighted by molar-refractivity contribution is 6.02. The van der Waals surface area contributed by atoms with Crippen LogP contribution in [0.5, 0.6) is 17.2 Å². The Morgan fingerprint density at radius 3 is 2.58 bits per heavy atom. The highest BCUT2D eigenvalue weighted by Crippen LogP contribution is 2.69. The van der Waals surface area contributed by atoms with Crippen LogP contribution in [0.2, 0.25) is 0 Å². The molecular weight excluding hydrogens is 422 g/mol. The molecule has 0 radical (unpaired) electrons. The quantitative estimate of drug-likeness (QED) is 0.556. The molecule has 2 fully saturated rings. The lowest BCUT2D eigenvalue weighted by atomic mass is 9.80. The number of ether oxygens (including phenoxy) is 3. The van der Waals surface area contributed by atoms with Crippen LogP contribution in [0.25, 0.3) is 10.9 Å². The maximum Gasteiger partial charge on any atom is 0.274 e. The Hall–Kier alpha value is -3.55. The first-order valence-corrected chi connectivity index (χ1v) is 11.1. The number of methoxy groups -OCH3 is 3. The number of hydrogen-bond acceptors (Lipinski definition) is 5. The zero-order valence-electron chi connectivity index (χ0n) is 19.3. The lowest BCUT2D eigenvalue weighted by Crippen LogP contribution is -2.35. The summed E-state index contributed by atoms with van der Waals surface area (Å²) < 4.78 is 16.5. The number of aliphatic hydroxyl groups is 1. The van der Waals surface area contributed by atoms with Crippen LogP contribution < -0.4 is 14.2 Å². The third kappa shape index (κ3) is 2.38. The summed E-state index contributed by atoms with van der Waals surface area (Å²) in [5.74, 6) is 1.73. The Morgan fingerprint density at radius 2 is 1.88 bits per heavy atom. The predicted octanol–water partition coefficient (Wildman–Crippen LogP) is 4.13. The molecule has 3 aliphatic rings. The van der Waals surface area contributed by atoms with Gasteiger partial charge in [0.2, 0.25) is 5.75 Å². The van der Waals surface area contributed by atoms with Crippen LogP contribution >= 0.6 is 0 Å². The molecule has 8 heteroatoms. The lowest BCUT2D eigenvalue weighted by Gasteiger charge is -2.32. The number of H-pyrrole nitrogens is 2. The molecule has 2 aliphatic carbocycles. The number of benzene rings is 1. The SMILES string of the molecule is COc1cc2cc(C(=O)N3C[C@H]4CC45C3=C(O)C(C)c3[nH]c(C)cc35)[nH]c2c(OC)c1OC. The molecular formula is C25H27N3O5. The van der Waals surface area contributed by atoms with Gasteiger partial charge >= 0.3 is 0 Å². The fraction of sp³-hybridized carbons (Fsp3) is 0.400. The molecule has 3 atom stereocenters. The molecule has 172 valence electrons. The van der Waals surface area contributed by atoms with Crippen molar-refractivity contribution in [1.29, 1.82) is 0 Å². The molecule has 1 spiro atoms. The van der Waals surface area contributed by atoms with Gasteiger partial charge in [-0.25, -0.2) is 0 Å². The van der Waals surface area contributed by atoms with E-state index < -0.39 is 0 Å². The van der Waals surface area contributed by atoms with Gasteiger partial charge in [-0.3, -0.25) is 4.79 Å². The van der Waals surface area contributed by atoms with E-state index in [2.05, 4.69) is 16.0 Å². The third-order valence-corrected chi connectivity index (χ3v) is 7.65. The van der Waals surface area contributed by atoms with Crippen molar-refractivity contribution in [2.75, 3.05) is 27.9 Å². The Balaban J connectivity index is 1.45. The summed E-state index contributed by atoms with van der Waals surface area (Å²) in [4.78, 5) is 22.2. The number of amides is 1. The van der Waals surface area contributed by atoms with E-state index in [0.29, 0.717) is 40.9 Å². The van der Waals surface area contributed by atoms with E-state index in [1.165, 1.54) is 5.56 Å². The average molecular weight is 450 g/mol. The van der Waals surface area contributed by atoms with Crippen LogP contribution in [0, 0.1) is 12.8 Å². The van der Waals surface area contributed by atoms with Crippen molar-refractivity contribution in [3.63, 3.8) is 0 Å². The number of likely N-dealkylation sites (tertiary alicyclic amines) is 1. The minimum Gasteiger partial charge on any atom is -0.510 e. The standard InChI is InChI=1S/C25H27N3O5/c1-11-6-15-18(26-11)12(2)20(29)23-25(15)9-14(25)10-28(23)24(30)16-7-13-8-17(31-3)21(32-4)22(33-5)19(13)27-16/h6-8,12,14,26-27,29H,9-10H2,1-5H3/t12?,14-,25?/m1/s1. The fourth-order valence-electron chi connectivity index (χ4n) is 6.07. The lowest BCUT2D eigenvalue weighted by molar-refractivity contribution is 0.0797. The summed E-state index contributed by atoms with van der Waals surface area (Å²) in [6.07, 6.45) is 0.960. The zero-order valence-corrected chi connectivity index (χ0v) is 19.3. The molecule has 1 aromatic carbocycles. The highest BCUT2D eigenvalue weighted by Gasteiger charge is 2.69. The number of carbonyl (C=O) groups excluding carboxylic acids is 1. The summed E-state index contributed by atoms with van der Waals surface area (Å²) in [5.41, 5.74) is 4.97. The number of fused-ring (bicyclic) bond motifs is 2. The molecule has 1 amide bonds. The zero-order chi connectivity index (χ0) is 23.2. The minimum atomic E-state index is -0.261. The van der Waals surface area contributed by atoms with Gasteiger partial charge in [-0.1, -0.05) is 0 Å². The predicted molar refractivity (Wildman–Crippen MR) is 122 cm³/mol. The van der Waals surface area contributed by atoms with Crippen LogP contribution in [0.4, 0.5) is 0 Å². The number of carbonyl (C=O) groups is 1. The number of nitrogens with one attached hydrogen (secondary N) is 2. The van der Waals surface area contributed by atoms with Gasteiger partial charge in [0.25, 0.3) is 5.91 Å². The number of allylic oxidation sites excluding steroid dienone is 2. The molecule has 0 bridgehead atoms. The van der Waals surface area contributed by atoms with E-state index in [-0.39, 0.29) is 23.0 Å². The molecule has 33 heavy (non-hydrogen) atoms. The van der Waals surface area contributed by atoms with Gasteiger partial charge in [0.05, 0.1) is 38.5 Å². The van der Waals surface area contributed by atoms with Crippen molar-refractivity contribution >= 4 is 16.8 Å². The van der Waals surface area contributed by atoms with Crippen LogP contribution in [0.15, 0.2) is 29.7 Å². The fourth-order valence-corrected chi connectivity index (χ4v) is 6.07. The largest absolute Gasteiger partial charge is 0.510 e. The number of aromatic nitrogens is 2. The van der Waals surface area contributed by atoms with Crippen LogP contribution in [0.1, 0.15) is 46.7 Å². The summed E-state index contributed by atoms with van der Waals surface area (Å²) in [7, 11) is 4.67. The summed E-state index contributed by atoms with van der Waals surface area (Å²) in [6.45, 7) is 4.61. The van der Waals surface area contributed by atoms with Crippen LogP contribution in [-0.2, 0) is 5.41 Å². The van der Waals surface area contributed by atoms with Crippen LogP contribution in [-0.4, -0.2) is 53.8 Å². The number of rotatable bonds is 4. The van der Waals surface area contributed by atoms with Gasteiger partial charge in [0.15, 0.2) is 11.5 Å². The second-order valence-corrected chi connectivity index (χ2v) is 9.32. The Morgan fingerprint density at radius 1 is 1.12 bits per heavy atom. The van der Waals surface area contributed by atoms with E-state index >= 15 is 0 Å². The maximum absolute atomic E-state index is 13.8. The summed E-state index contributed by atoms with van der Waals surface area (Å²) in [5, 5.41) is 12.0. The number of aryl methyl sites for hydroxylation is 1. The number of nitrogens with zero attached hydrogens (tertiary/aromatic N) is 1. The first-order chi connectivity index (χ1) is 15.8. The first kappa shape index (κ1) is 20.1. The maximum atomic E-state index is 13.8. The second-order valence-electron chi connectivity index (χ2n) is 9.32. The molecule has 3 N–H and O–H groups in total. The summed E-state index contributed by atoms with van der Waals surface area (Å²) >= 11 is 0. The number of piperidine rings is 1. The molecule has 8 nitrogen and oxygen atoms in total. The smallest absolute Gasteiger partial charge is 0.274 e. The van der Waals surface area contributed by atoms with Gasteiger partial charge in [-0.05, 0) is 49.9 Å². The van der Waals surface area contributed by atoms with E-state index in [0.717, 1.165) is 28.9 Å². The third-order valence-electron chi connectivity index (χ3n) is 7.65. The number of aliphatic hydroxyl groups excluding tert-OH is 1. The van der Waals surface area contributed by atoms with E-state index in [1.807, 2.05) is 19.9 Å². The normalized spacial score (nSPS) is 25.1. The molecule has 1 saturated carbocycles. The molecule has 6 rings (SSSR count). The van der Waals surface area contributed by atoms with Gasteiger partial charge in [-0.15, -0.1) is 0 Å². The van der Waals surface area contributed by atoms with E-state index in [9.17, 15) is 9.90 Å². The van der Waals surface area contributed by atoms with Crippen molar-refractivity contribution in [2.45, 2.75) is 31.6 Å².